The zero-order valence-corrected chi connectivity index (χ0v) is 11.9. The fourth-order valence-corrected chi connectivity index (χ4v) is 3.15. The predicted molar refractivity (Wildman–Crippen MR) is 69.1 cm³/mol. The highest BCUT2D eigenvalue weighted by Gasteiger charge is 2.32. The molecule has 0 aliphatic heterocycles. The highest BCUT2D eigenvalue weighted by atomic mass is 79.9. The number of halogens is 2. The van der Waals surface area contributed by atoms with Crippen LogP contribution in [0.15, 0.2) is 6.07 Å². The van der Waals surface area contributed by atoms with E-state index in [2.05, 4.69) is 22.9 Å². The molecule has 0 N–H and O–H groups in total. The second-order valence-corrected chi connectivity index (χ2v) is 5.44. The van der Waals surface area contributed by atoms with Gasteiger partial charge in [-0.15, -0.1) is 0 Å². The molecule has 0 aromatic heterocycles. The van der Waals surface area contributed by atoms with Gasteiger partial charge in [0.05, 0.1) is 19.2 Å². The van der Waals surface area contributed by atoms with E-state index < -0.39 is 0 Å². The van der Waals surface area contributed by atoms with E-state index in [0.717, 1.165) is 6.42 Å². The van der Waals surface area contributed by atoms with Crippen LogP contribution in [0.3, 0.4) is 0 Å². The molecule has 1 aliphatic carbocycles. The van der Waals surface area contributed by atoms with Gasteiger partial charge < -0.3 is 9.47 Å². The molecular formula is C12H14BrClO2. The van der Waals surface area contributed by atoms with Gasteiger partial charge in [-0.1, -0.05) is 34.5 Å². The first-order chi connectivity index (χ1) is 7.60. The van der Waals surface area contributed by atoms with Crippen molar-refractivity contribution in [2.45, 2.75) is 18.2 Å². The average molecular weight is 306 g/mol. The molecule has 0 saturated heterocycles. The Balaban J connectivity index is 2.61. The largest absolute Gasteiger partial charge is 0.493 e. The van der Waals surface area contributed by atoms with E-state index in [0.29, 0.717) is 27.3 Å². The van der Waals surface area contributed by atoms with Crippen LogP contribution < -0.4 is 9.47 Å². The van der Waals surface area contributed by atoms with E-state index in [-0.39, 0.29) is 0 Å². The minimum absolute atomic E-state index is 0.347. The Hall–Kier alpha value is -0.410. The molecule has 0 amide bonds. The maximum absolute atomic E-state index is 6.34. The van der Waals surface area contributed by atoms with Crippen LogP contribution in [0, 0.1) is 5.92 Å². The molecular weight excluding hydrogens is 291 g/mol. The van der Waals surface area contributed by atoms with Gasteiger partial charge in [-0.05, 0) is 29.5 Å². The molecule has 88 valence electrons. The minimum atomic E-state index is 0.347. The standard InChI is InChI=1S/C12H14BrClO2/c1-6-4-8-7(10(6)13)5-9(15-2)12(16-3)11(8)14/h5-6,10H,4H2,1-3H3. The van der Waals surface area contributed by atoms with Gasteiger partial charge in [0.2, 0.25) is 0 Å². The first-order valence-corrected chi connectivity index (χ1v) is 6.46. The summed E-state index contributed by atoms with van der Waals surface area (Å²) in [5.41, 5.74) is 2.39. The Morgan fingerprint density at radius 3 is 2.62 bits per heavy atom. The number of benzene rings is 1. The molecule has 1 aromatic carbocycles. The van der Waals surface area contributed by atoms with E-state index in [1.54, 1.807) is 14.2 Å². The van der Waals surface area contributed by atoms with Gasteiger partial charge in [0.1, 0.15) is 0 Å². The lowest BCUT2D eigenvalue weighted by molar-refractivity contribution is 0.354. The van der Waals surface area contributed by atoms with Crippen LogP contribution in [0.4, 0.5) is 0 Å². The van der Waals surface area contributed by atoms with Gasteiger partial charge in [0, 0.05) is 4.83 Å². The molecule has 0 saturated carbocycles. The fourth-order valence-electron chi connectivity index (χ4n) is 2.19. The van der Waals surface area contributed by atoms with Crippen LogP contribution in [0.25, 0.3) is 0 Å². The van der Waals surface area contributed by atoms with Crippen LogP contribution in [0.1, 0.15) is 22.9 Å². The Kier molecular flexibility index (Phi) is 3.36. The molecule has 16 heavy (non-hydrogen) atoms. The topological polar surface area (TPSA) is 18.5 Å². The Bertz CT molecular complexity index is 420. The molecule has 2 rings (SSSR count). The van der Waals surface area contributed by atoms with Crippen molar-refractivity contribution in [3.63, 3.8) is 0 Å². The second-order valence-electron chi connectivity index (χ2n) is 4.08. The molecule has 0 radical (unpaired) electrons. The first kappa shape index (κ1) is 12.1. The van der Waals surface area contributed by atoms with Crippen molar-refractivity contribution in [1.82, 2.24) is 0 Å². The molecule has 0 bridgehead atoms. The summed E-state index contributed by atoms with van der Waals surface area (Å²) in [7, 11) is 3.24. The lowest BCUT2D eigenvalue weighted by Gasteiger charge is -2.14. The van der Waals surface area contributed by atoms with E-state index in [1.807, 2.05) is 6.07 Å². The summed E-state index contributed by atoms with van der Waals surface area (Å²) in [6.45, 7) is 2.20. The molecule has 0 fully saturated rings. The fraction of sp³-hybridized carbons (Fsp3) is 0.500. The Labute approximate surface area is 109 Å². The number of fused-ring (bicyclic) bond motifs is 1. The zero-order valence-electron chi connectivity index (χ0n) is 9.51. The van der Waals surface area contributed by atoms with Crippen molar-refractivity contribution < 1.29 is 9.47 Å². The van der Waals surface area contributed by atoms with E-state index in [9.17, 15) is 0 Å². The van der Waals surface area contributed by atoms with Crippen LogP contribution in [-0.2, 0) is 6.42 Å². The average Bonchev–Trinajstić information content (AvgIpc) is 2.56. The second kappa shape index (κ2) is 4.46. The molecule has 1 aromatic rings. The van der Waals surface area contributed by atoms with Crippen molar-refractivity contribution >= 4 is 27.5 Å². The summed E-state index contributed by atoms with van der Waals surface area (Å²) >= 11 is 10.0. The number of hydrogen-bond donors (Lipinski definition) is 0. The van der Waals surface area contributed by atoms with Gasteiger partial charge in [-0.3, -0.25) is 0 Å². The third-order valence-electron chi connectivity index (χ3n) is 3.07. The molecule has 2 nitrogen and oxygen atoms in total. The number of methoxy groups -OCH3 is 2. The third-order valence-corrected chi connectivity index (χ3v) is 4.87. The molecule has 2 atom stereocenters. The van der Waals surface area contributed by atoms with Crippen LogP contribution >= 0.6 is 27.5 Å². The number of ether oxygens (including phenoxy) is 2. The summed E-state index contributed by atoms with van der Waals surface area (Å²) in [5.74, 6) is 1.88. The van der Waals surface area contributed by atoms with Crippen LogP contribution in [-0.4, -0.2) is 14.2 Å². The number of alkyl halides is 1. The summed E-state index contributed by atoms with van der Waals surface area (Å²) < 4.78 is 10.6. The van der Waals surface area contributed by atoms with E-state index in [4.69, 9.17) is 21.1 Å². The zero-order chi connectivity index (χ0) is 11.9. The molecule has 0 spiro atoms. The maximum Gasteiger partial charge on any atom is 0.179 e. The smallest absolute Gasteiger partial charge is 0.179 e. The normalized spacial score (nSPS) is 23.1. The van der Waals surface area contributed by atoms with Crippen molar-refractivity contribution in [1.29, 1.82) is 0 Å². The number of hydrogen-bond acceptors (Lipinski definition) is 2. The third kappa shape index (κ3) is 1.70. The molecule has 4 heteroatoms. The van der Waals surface area contributed by atoms with Gasteiger partial charge in [0.15, 0.2) is 11.5 Å². The summed E-state index contributed by atoms with van der Waals surface area (Å²) in [6, 6.07) is 2.02. The molecule has 0 heterocycles. The quantitative estimate of drug-likeness (QED) is 0.769. The van der Waals surface area contributed by atoms with Crippen LogP contribution in [0.5, 0.6) is 11.5 Å². The van der Waals surface area contributed by atoms with Crippen molar-refractivity contribution in [3.8, 4) is 11.5 Å². The Morgan fingerprint density at radius 1 is 1.38 bits per heavy atom. The molecule has 1 aliphatic rings. The maximum atomic E-state index is 6.34. The summed E-state index contributed by atoms with van der Waals surface area (Å²) in [6.07, 6.45) is 0.977. The summed E-state index contributed by atoms with van der Waals surface area (Å²) in [4.78, 5) is 0.347. The summed E-state index contributed by atoms with van der Waals surface area (Å²) in [5, 5.41) is 0.686. The number of rotatable bonds is 2. The lowest BCUT2D eigenvalue weighted by atomic mass is 10.1. The first-order valence-electron chi connectivity index (χ1n) is 5.17. The van der Waals surface area contributed by atoms with Crippen LogP contribution in [0.2, 0.25) is 5.02 Å². The lowest BCUT2D eigenvalue weighted by Crippen LogP contribution is -1.96. The van der Waals surface area contributed by atoms with Crippen molar-refractivity contribution in [2.75, 3.05) is 14.2 Å². The van der Waals surface area contributed by atoms with E-state index in [1.165, 1.54) is 11.1 Å². The van der Waals surface area contributed by atoms with Gasteiger partial charge in [0.25, 0.3) is 0 Å². The van der Waals surface area contributed by atoms with Gasteiger partial charge in [-0.25, -0.2) is 0 Å². The highest BCUT2D eigenvalue weighted by Crippen LogP contribution is 2.50. The monoisotopic (exact) mass is 304 g/mol. The highest BCUT2D eigenvalue weighted by molar-refractivity contribution is 9.09. The predicted octanol–water partition coefficient (Wildman–Crippen LogP) is 3.99. The van der Waals surface area contributed by atoms with Gasteiger partial charge in [-0.2, -0.15) is 0 Å². The van der Waals surface area contributed by atoms with Crippen molar-refractivity contribution in [3.05, 3.63) is 22.2 Å². The minimum Gasteiger partial charge on any atom is -0.493 e. The molecule has 2 unspecified atom stereocenters. The van der Waals surface area contributed by atoms with E-state index >= 15 is 0 Å². The van der Waals surface area contributed by atoms with Gasteiger partial charge >= 0.3 is 0 Å². The Morgan fingerprint density at radius 2 is 2.06 bits per heavy atom. The van der Waals surface area contributed by atoms with Crippen molar-refractivity contribution in [2.24, 2.45) is 5.92 Å². The SMILES string of the molecule is COc1cc2c(c(Cl)c1OC)CC(C)C2Br.